The third-order valence-corrected chi connectivity index (χ3v) is 4.48. The van der Waals surface area contributed by atoms with E-state index in [4.69, 9.17) is 9.47 Å². The van der Waals surface area contributed by atoms with Gasteiger partial charge in [-0.15, -0.1) is 0 Å². The molecular formula is C18H25N3O4. The number of methoxy groups -OCH3 is 2. The van der Waals surface area contributed by atoms with Crippen molar-refractivity contribution in [1.82, 2.24) is 4.90 Å². The van der Waals surface area contributed by atoms with Gasteiger partial charge >= 0.3 is 0 Å². The van der Waals surface area contributed by atoms with Crippen molar-refractivity contribution in [2.24, 2.45) is 0 Å². The number of carbonyl (C=O) groups excluding carboxylic acids is 1. The molecule has 0 bridgehead atoms. The lowest BCUT2D eigenvalue weighted by atomic mass is 9.99. The van der Waals surface area contributed by atoms with Gasteiger partial charge in [-0.05, 0) is 25.8 Å². The quantitative estimate of drug-likeness (QED) is 0.780. The van der Waals surface area contributed by atoms with E-state index in [1.807, 2.05) is 0 Å². The maximum atomic E-state index is 12.5. The number of anilines is 1. The molecule has 1 aliphatic rings. The maximum absolute atomic E-state index is 12.5. The Morgan fingerprint density at radius 3 is 2.72 bits per heavy atom. The Bertz CT molecular complexity index is 640. The molecule has 7 heteroatoms. The summed E-state index contributed by atoms with van der Waals surface area (Å²) in [4.78, 5) is 14.6. The van der Waals surface area contributed by atoms with Crippen LogP contribution in [0.3, 0.4) is 0 Å². The molecule has 1 aromatic rings. The fraction of sp³-hybridized carbons (Fsp3) is 0.556. The number of ether oxygens (including phenoxy) is 2. The molecule has 1 aromatic carbocycles. The van der Waals surface area contributed by atoms with Crippen molar-refractivity contribution < 1.29 is 19.4 Å². The van der Waals surface area contributed by atoms with Gasteiger partial charge in [0.15, 0.2) is 11.5 Å². The van der Waals surface area contributed by atoms with E-state index in [2.05, 4.69) is 16.3 Å². The molecule has 1 saturated heterocycles. The van der Waals surface area contributed by atoms with Gasteiger partial charge in [-0.3, -0.25) is 9.69 Å². The molecule has 25 heavy (non-hydrogen) atoms. The summed E-state index contributed by atoms with van der Waals surface area (Å²) >= 11 is 0. The van der Waals surface area contributed by atoms with Crippen LogP contribution >= 0.6 is 0 Å². The van der Waals surface area contributed by atoms with Gasteiger partial charge in [0, 0.05) is 24.8 Å². The molecule has 0 aliphatic carbocycles. The maximum Gasteiger partial charge on any atom is 0.238 e. The Balaban J connectivity index is 2.10. The fourth-order valence-corrected chi connectivity index (χ4v) is 3.19. The molecule has 7 nitrogen and oxygen atoms in total. The predicted octanol–water partition coefficient (Wildman–Crippen LogP) is 1.75. The fourth-order valence-electron chi connectivity index (χ4n) is 3.19. The van der Waals surface area contributed by atoms with Crippen LogP contribution in [0, 0.1) is 11.3 Å². The first kappa shape index (κ1) is 19.0. The van der Waals surface area contributed by atoms with Crippen molar-refractivity contribution in [3.63, 3.8) is 0 Å². The summed E-state index contributed by atoms with van der Waals surface area (Å²) in [6.07, 6.45) is 3.84. The van der Waals surface area contributed by atoms with Crippen LogP contribution < -0.4 is 14.8 Å². The molecule has 1 fully saturated rings. The van der Waals surface area contributed by atoms with Gasteiger partial charge < -0.3 is 19.9 Å². The lowest BCUT2D eigenvalue weighted by Gasteiger charge is -2.34. The van der Waals surface area contributed by atoms with Crippen molar-refractivity contribution in [2.45, 2.75) is 31.7 Å². The second-order valence-electron chi connectivity index (χ2n) is 6.05. The SMILES string of the molecule is COc1cc(C#N)c(NC(=O)CN2CCCC[C@H]2CCO)cc1OC. The number of amides is 1. The number of piperidine rings is 1. The van der Waals surface area contributed by atoms with E-state index in [1.54, 1.807) is 12.1 Å². The van der Waals surface area contributed by atoms with E-state index in [9.17, 15) is 15.2 Å². The lowest BCUT2D eigenvalue weighted by molar-refractivity contribution is -0.118. The van der Waals surface area contributed by atoms with Crippen LogP contribution in [0.1, 0.15) is 31.2 Å². The van der Waals surface area contributed by atoms with Crippen molar-refractivity contribution in [2.75, 3.05) is 39.2 Å². The average molecular weight is 347 g/mol. The summed E-state index contributed by atoms with van der Waals surface area (Å²) in [6, 6.07) is 5.43. The lowest BCUT2D eigenvalue weighted by Crippen LogP contribution is -2.44. The van der Waals surface area contributed by atoms with Gasteiger partial charge in [-0.25, -0.2) is 0 Å². The van der Waals surface area contributed by atoms with Crippen LogP contribution in [0.25, 0.3) is 0 Å². The van der Waals surface area contributed by atoms with Crippen LogP contribution in [-0.4, -0.2) is 55.9 Å². The zero-order valence-electron chi connectivity index (χ0n) is 14.7. The third-order valence-electron chi connectivity index (χ3n) is 4.48. The zero-order chi connectivity index (χ0) is 18.2. The van der Waals surface area contributed by atoms with Crippen LogP contribution in [0.4, 0.5) is 5.69 Å². The molecule has 0 saturated carbocycles. The topological polar surface area (TPSA) is 94.8 Å². The molecule has 0 radical (unpaired) electrons. The second kappa shape index (κ2) is 9.25. The van der Waals surface area contributed by atoms with E-state index in [-0.39, 0.29) is 25.1 Å². The molecule has 0 aromatic heterocycles. The largest absolute Gasteiger partial charge is 0.493 e. The Morgan fingerprint density at radius 2 is 2.08 bits per heavy atom. The van der Waals surface area contributed by atoms with Crippen LogP contribution in [-0.2, 0) is 4.79 Å². The molecule has 1 heterocycles. The van der Waals surface area contributed by atoms with Crippen molar-refractivity contribution in [1.29, 1.82) is 5.26 Å². The van der Waals surface area contributed by atoms with Gasteiger partial charge in [0.2, 0.25) is 5.91 Å². The number of aliphatic hydroxyl groups excluding tert-OH is 1. The Kier molecular flexibility index (Phi) is 7.04. The number of nitrogens with one attached hydrogen (secondary N) is 1. The number of rotatable bonds is 7. The minimum Gasteiger partial charge on any atom is -0.493 e. The van der Waals surface area contributed by atoms with Crippen LogP contribution in [0.5, 0.6) is 11.5 Å². The van der Waals surface area contributed by atoms with E-state index >= 15 is 0 Å². The second-order valence-corrected chi connectivity index (χ2v) is 6.05. The number of carbonyl (C=O) groups is 1. The van der Waals surface area contributed by atoms with Gasteiger partial charge in [0.25, 0.3) is 0 Å². The first-order chi connectivity index (χ1) is 12.1. The number of hydrogen-bond acceptors (Lipinski definition) is 6. The molecule has 1 atom stereocenters. The standard InChI is InChI=1S/C18H25N3O4/c1-24-16-9-13(11-19)15(10-17(16)25-2)20-18(23)12-21-7-4-3-5-14(21)6-8-22/h9-10,14,22H,3-8,12H2,1-2H3,(H,20,23)/t14-/m0/s1. The average Bonchev–Trinajstić information content (AvgIpc) is 2.63. The monoisotopic (exact) mass is 347 g/mol. The minimum atomic E-state index is -0.187. The first-order valence-electron chi connectivity index (χ1n) is 8.43. The highest BCUT2D eigenvalue weighted by Gasteiger charge is 2.24. The number of benzene rings is 1. The number of aliphatic hydroxyl groups is 1. The summed E-state index contributed by atoms with van der Waals surface area (Å²) in [5.74, 6) is 0.706. The summed E-state index contributed by atoms with van der Waals surface area (Å²) in [6.45, 7) is 1.20. The van der Waals surface area contributed by atoms with E-state index in [1.165, 1.54) is 14.2 Å². The normalized spacial score (nSPS) is 17.6. The molecule has 0 unspecified atom stereocenters. The Hall–Kier alpha value is -2.30. The Labute approximate surface area is 148 Å². The van der Waals surface area contributed by atoms with Gasteiger partial charge in [0.05, 0.1) is 32.0 Å². The highest BCUT2D eigenvalue weighted by atomic mass is 16.5. The highest BCUT2D eigenvalue weighted by molar-refractivity contribution is 5.94. The van der Waals surface area contributed by atoms with E-state index < -0.39 is 0 Å². The van der Waals surface area contributed by atoms with Crippen LogP contribution in [0.15, 0.2) is 12.1 Å². The number of hydrogen-bond donors (Lipinski definition) is 2. The Morgan fingerprint density at radius 1 is 1.36 bits per heavy atom. The summed E-state index contributed by atoms with van der Waals surface area (Å²) in [7, 11) is 3.00. The van der Waals surface area contributed by atoms with Gasteiger partial charge in [0.1, 0.15) is 6.07 Å². The molecule has 136 valence electrons. The molecule has 2 N–H and O–H groups in total. The molecule has 0 spiro atoms. The van der Waals surface area contributed by atoms with E-state index in [0.717, 1.165) is 25.8 Å². The van der Waals surface area contributed by atoms with Gasteiger partial charge in [-0.2, -0.15) is 5.26 Å². The predicted molar refractivity (Wildman–Crippen MR) is 93.8 cm³/mol. The summed E-state index contributed by atoms with van der Waals surface area (Å²) < 4.78 is 10.4. The van der Waals surface area contributed by atoms with Crippen LogP contribution in [0.2, 0.25) is 0 Å². The van der Waals surface area contributed by atoms with Crippen molar-refractivity contribution in [3.8, 4) is 17.6 Å². The smallest absolute Gasteiger partial charge is 0.238 e. The summed E-state index contributed by atoms with van der Waals surface area (Å²) in [5, 5.41) is 21.3. The number of nitrogens with zero attached hydrogens (tertiary/aromatic N) is 2. The molecular weight excluding hydrogens is 322 g/mol. The minimum absolute atomic E-state index is 0.122. The molecule has 1 amide bonds. The van der Waals surface area contributed by atoms with Gasteiger partial charge in [-0.1, -0.05) is 6.42 Å². The zero-order valence-corrected chi connectivity index (χ0v) is 14.7. The highest BCUT2D eigenvalue weighted by Crippen LogP contribution is 2.33. The van der Waals surface area contributed by atoms with E-state index in [0.29, 0.717) is 29.2 Å². The summed E-state index contributed by atoms with van der Waals surface area (Å²) in [5.41, 5.74) is 0.720. The van der Waals surface area contributed by atoms with Crippen molar-refractivity contribution >= 4 is 11.6 Å². The van der Waals surface area contributed by atoms with Crippen molar-refractivity contribution in [3.05, 3.63) is 17.7 Å². The number of likely N-dealkylation sites (tertiary alicyclic amines) is 1. The molecule has 2 rings (SSSR count). The third kappa shape index (κ3) is 4.84. The molecule has 1 aliphatic heterocycles. The first-order valence-corrected chi connectivity index (χ1v) is 8.43. The number of nitriles is 1.